The molecule has 13 heteroatoms. The van der Waals surface area contributed by atoms with Gasteiger partial charge in [-0.15, -0.1) is 0 Å². The first-order valence-corrected chi connectivity index (χ1v) is 16.7. The zero-order valence-corrected chi connectivity index (χ0v) is 28.0. The summed E-state index contributed by atoms with van der Waals surface area (Å²) in [6.45, 7) is 0.367. The molecule has 262 valence electrons. The summed E-state index contributed by atoms with van der Waals surface area (Å²) >= 11 is 0. The van der Waals surface area contributed by atoms with Gasteiger partial charge in [-0.1, -0.05) is 91.0 Å². The van der Waals surface area contributed by atoms with Crippen molar-refractivity contribution >= 4 is 35.9 Å². The van der Waals surface area contributed by atoms with Crippen molar-refractivity contribution in [3.05, 3.63) is 108 Å². The summed E-state index contributed by atoms with van der Waals surface area (Å²) in [4.78, 5) is 76.9. The smallest absolute Gasteiger partial charge is 0.417 e. The van der Waals surface area contributed by atoms with Crippen LogP contribution in [0.15, 0.2) is 96.0 Å². The third-order valence-electron chi connectivity index (χ3n) is 8.76. The van der Waals surface area contributed by atoms with Gasteiger partial charge in [-0.05, 0) is 42.4 Å². The summed E-state index contributed by atoms with van der Waals surface area (Å²) in [5, 5.41) is 2.47. The molecule has 0 bridgehead atoms. The molecule has 3 atom stereocenters. The molecule has 2 heterocycles. The van der Waals surface area contributed by atoms with Crippen molar-refractivity contribution in [3.8, 4) is 0 Å². The lowest BCUT2D eigenvalue weighted by molar-refractivity contribution is -0.148. The molecule has 0 aliphatic carbocycles. The van der Waals surface area contributed by atoms with E-state index in [2.05, 4.69) is 10.3 Å². The van der Waals surface area contributed by atoms with Crippen LogP contribution in [0.4, 0.5) is 9.59 Å². The topological polar surface area (TPSA) is 164 Å². The lowest BCUT2D eigenvalue weighted by atomic mass is 10.0. The third-order valence-corrected chi connectivity index (χ3v) is 8.76. The highest BCUT2D eigenvalue weighted by Crippen LogP contribution is 2.26. The van der Waals surface area contributed by atoms with E-state index in [1.54, 1.807) is 24.3 Å². The fraction of sp³-hybridized carbons (Fsp3) is 0.351. The summed E-state index contributed by atoms with van der Waals surface area (Å²) in [5.41, 5.74) is 8.11. The Morgan fingerprint density at radius 2 is 1.40 bits per heavy atom. The van der Waals surface area contributed by atoms with Crippen molar-refractivity contribution in [1.29, 1.82) is 0 Å². The second kappa shape index (κ2) is 17.1. The lowest BCUT2D eigenvalue weighted by Crippen LogP contribution is -2.60. The van der Waals surface area contributed by atoms with Gasteiger partial charge in [0.15, 0.2) is 5.96 Å². The van der Waals surface area contributed by atoms with E-state index in [1.807, 2.05) is 66.7 Å². The number of nitrogens with two attached hydrogens (primary N) is 1. The number of amides is 5. The lowest BCUT2D eigenvalue weighted by Gasteiger charge is -2.36. The number of imide groups is 1. The van der Waals surface area contributed by atoms with E-state index < -0.39 is 48.0 Å². The molecule has 2 aliphatic rings. The molecule has 3 aromatic carbocycles. The summed E-state index contributed by atoms with van der Waals surface area (Å²) < 4.78 is 11.1. The quantitative estimate of drug-likeness (QED) is 0.328. The van der Waals surface area contributed by atoms with E-state index in [9.17, 15) is 24.0 Å². The molecule has 0 aromatic heterocycles. The van der Waals surface area contributed by atoms with E-state index in [4.69, 9.17) is 15.2 Å². The van der Waals surface area contributed by atoms with E-state index in [1.165, 1.54) is 16.8 Å². The fourth-order valence-corrected chi connectivity index (χ4v) is 6.09. The summed E-state index contributed by atoms with van der Waals surface area (Å²) in [5.74, 6) is -2.04. The monoisotopic (exact) mass is 682 g/mol. The minimum atomic E-state index is -1.26. The first-order valence-electron chi connectivity index (χ1n) is 16.7. The summed E-state index contributed by atoms with van der Waals surface area (Å²) in [6.07, 6.45) is -0.380. The molecular formula is C37H42N6O7. The minimum absolute atomic E-state index is 0.0137. The highest BCUT2D eigenvalue weighted by Gasteiger charge is 2.46. The van der Waals surface area contributed by atoms with Crippen molar-refractivity contribution in [2.75, 3.05) is 20.1 Å². The van der Waals surface area contributed by atoms with E-state index in [0.717, 1.165) is 16.0 Å². The average Bonchev–Trinajstić information content (AvgIpc) is 3.63. The van der Waals surface area contributed by atoms with Crippen LogP contribution in [-0.4, -0.2) is 88.8 Å². The molecule has 2 aliphatic heterocycles. The van der Waals surface area contributed by atoms with Gasteiger partial charge in [0.05, 0.1) is 0 Å². The van der Waals surface area contributed by atoms with Gasteiger partial charge in [-0.2, -0.15) is 0 Å². The standard InChI is InChI=1S/C37H42N6O7/c1-41(36(47)49-24-27-15-7-3-8-16-27)31(23-26-13-5-2-6-14-26)33(45)42-22-12-20-30(42)34(46)43(29-19-11-21-39-35(38)40-32(29)44)37(48)50-25-28-17-9-4-10-18-28/h2-10,13-18,29-31H,11-12,19-25H2,1H3,(H3,38,39,40,44)/t29-,30-,31+/m0/s1. The number of nitrogens with zero attached hydrogens (tertiary/aromatic N) is 4. The normalized spacial score (nSPS) is 18.1. The number of guanidine groups is 1. The Hall–Kier alpha value is -5.72. The number of carbonyl (C=O) groups excluding carboxylic acids is 5. The van der Waals surface area contributed by atoms with Gasteiger partial charge in [0.2, 0.25) is 11.8 Å². The summed E-state index contributed by atoms with van der Waals surface area (Å²) in [7, 11) is 1.49. The zero-order chi connectivity index (χ0) is 35.5. The number of rotatable bonds is 10. The Bertz CT molecular complexity index is 1670. The number of aliphatic imine (C=N–C) groups is 1. The van der Waals surface area contributed by atoms with Crippen LogP contribution in [0.25, 0.3) is 0 Å². The van der Waals surface area contributed by atoms with Crippen molar-refractivity contribution in [2.24, 2.45) is 10.7 Å². The molecular weight excluding hydrogens is 640 g/mol. The number of carbonyl (C=O) groups is 5. The van der Waals surface area contributed by atoms with Crippen LogP contribution >= 0.6 is 0 Å². The first-order chi connectivity index (χ1) is 24.2. The van der Waals surface area contributed by atoms with Crippen LogP contribution in [0.1, 0.15) is 42.4 Å². The van der Waals surface area contributed by atoms with Crippen molar-refractivity contribution in [1.82, 2.24) is 20.0 Å². The van der Waals surface area contributed by atoms with Crippen molar-refractivity contribution < 1.29 is 33.4 Å². The molecule has 0 unspecified atom stereocenters. The van der Waals surface area contributed by atoms with Gasteiger partial charge in [0.1, 0.15) is 31.3 Å². The van der Waals surface area contributed by atoms with Gasteiger partial charge < -0.3 is 20.1 Å². The first kappa shape index (κ1) is 35.6. The largest absolute Gasteiger partial charge is 0.445 e. The molecule has 13 nitrogen and oxygen atoms in total. The molecule has 3 aromatic rings. The Labute approximate surface area is 291 Å². The van der Waals surface area contributed by atoms with Crippen LogP contribution in [0.3, 0.4) is 0 Å². The molecule has 50 heavy (non-hydrogen) atoms. The van der Waals surface area contributed by atoms with Crippen molar-refractivity contribution in [2.45, 2.75) is 63.4 Å². The summed E-state index contributed by atoms with van der Waals surface area (Å²) in [6, 6.07) is 24.0. The molecule has 5 rings (SSSR count). The van der Waals surface area contributed by atoms with E-state index in [0.29, 0.717) is 18.4 Å². The Balaban J connectivity index is 1.40. The molecule has 0 radical (unpaired) electrons. The number of likely N-dealkylation sites (tertiary alicyclic amines) is 1. The number of hydrogen-bond acceptors (Lipinski definition) is 9. The second-order valence-corrected chi connectivity index (χ2v) is 12.2. The minimum Gasteiger partial charge on any atom is -0.445 e. The molecule has 1 saturated heterocycles. The molecule has 0 spiro atoms. The zero-order valence-electron chi connectivity index (χ0n) is 28.0. The fourth-order valence-electron chi connectivity index (χ4n) is 6.09. The maximum atomic E-state index is 14.5. The van der Waals surface area contributed by atoms with Gasteiger partial charge >= 0.3 is 12.2 Å². The third kappa shape index (κ3) is 9.04. The molecule has 1 fully saturated rings. The van der Waals surface area contributed by atoms with Gasteiger partial charge in [-0.25, -0.2) is 14.5 Å². The second-order valence-electron chi connectivity index (χ2n) is 12.2. The molecule has 3 N–H and O–H groups in total. The van der Waals surface area contributed by atoms with Gasteiger partial charge in [0, 0.05) is 26.6 Å². The number of hydrogen-bond donors (Lipinski definition) is 2. The maximum Gasteiger partial charge on any atom is 0.417 e. The average molecular weight is 683 g/mol. The predicted octanol–water partition coefficient (Wildman–Crippen LogP) is 3.62. The highest BCUT2D eigenvalue weighted by atomic mass is 16.6. The Morgan fingerprint density at radius 1 is 0.840 bits per heavy atom. The van der Waals surface area contributed by atoms with Crippen molar-refractivity contribution in [3.63, 3.8) is 0 Å². The van der Waals surface area contributed by atoms with Gasteiger partial charge in [-0.3, -0.25) is 29.6 Å². The van der Waals surface area contributed by atoms with Crippen LogP contribution in [0, 0.1) is 0 Å². The Kier molecular flexibility index (Phi) is 12.2. The van der Waals surface area contributed by atoms with E-state index in [-0.39, 0.29) is 51.5 Å². The molecule has 5 amide bonds. The highest BCUT2D eigenvalue weighted by molar-refractivity contribution is 6.05. The van der Waals surface area contributed by atoms with Crippen LogP contribution in [0.2, 0.25) is 0 Å². The number of ether oxygens (including phenoxy) is 2. The van der Waals surface area contributed by atoms with Gasteiger partial charge in [0.25, 0.3) is 5.91 Å². The number of benzene rings is 3. The Morgan fingerprint density at radius 3 is 2.00 bits per heavy atom. The van der Waals surface area contributed by atoms with Crippen LogP contribution in [0.5, 0.6) is 0 Å². The number of likely N-dealkylation sites (N-methyl/N-ethyl adjacent to an activating group) is 1. The number of nitrogens with one attached hydrogen (secondary N) is 1. The van der Waals surface area contributed by atoms with E-state index >= 15 is 0 Å². The van der Waals surface area contributed by atoms with Crippen LogP contribution in [-0.2, 0) is 43.5 Å². The maximum absolute atomic E-state index is 14.5. The SMILES string of the molecule is CN(C(=O)OCc1ccccc1)[C@H](Cc1ccccc1)C(=O)N1CCC[C@H]1C(=O)N(C(=O)OCc1ccccc1)[C@H]1CCCN=C(N)NC1=O. The predicted molar refractivity (Wildman–Crippen MR) is 184 cm³/mol. The van der Waals surface area contributed by atoms with Crippen LogP contribution < -0.4 is 11.1 Å². The molecule has 0 saturated carbocycles.